The SMILES string of the molecule is CC(C)n1cnnc1-c1cccs1. The minimum absolute atomic E-state index is 0.409. The Morgan fingerprint density at radius 2 is 2.31 bits per heavy atom. The maximum Gasteiger partial charge on any atom is 0.174 e. The Morgan fingerprint density at radius 3 is 2.92 bits per heavy atom. The van der Waals surface area contributed by atoms with E-state index >= 15 is 0 Å². The fourth-order valence-electron chi connectivity index (χ4n) is 1.20. The van der Waals surface area contributed by atoms with Gasteiger partial charge in [-0.15, -0.1) is 21.5 Å². The predicted molar refractivity (Wildman–Crippen MR) is 53.7 cm³/mol. The van der Waals surface area contributed by atoms with Crippen molar-refractivity contribution in [2.45, 2.75) is 19.9 Å². The van der Waals surface area contributed by atoms with E-state index in [9.17, 15) is 0 Å². The van der Waals surface area contributed by atoms with Crippen LogP contribution in [0.15, 0.2) is 23.8 Å². The Hall–Kier alpha value is -1.16. The molecule has 3 nitrogen and oxygen atoms in total. The van der Waals surface area contributed by atoms with Crippen LogP contribution in [-0.4, -0.2) is 14.8 Å². The molecule has 0 spiro atoms. The van der Waals surface area contributed by atoms with Crippen molar-refractivity contribution in [3.8, 4) is 10.7 Å². The molecule has 0 aliphatic heterocycles. The standard InChI is InChI=1S/C9H11N3S/c1-7(2)12-6-10-11-9(12)8-4-3-5-13-8/h3-7H,1-2H3. The summed E-state index contributed by atoms with van der Waals surface area (Å²) in [5.74, 6) is 0.963. The molecule has 0 saturated heterocycles. The van der Waals surface area contributed by atoms with Crippen molar-refractivity contribution in [2.75, 3.05) is 0 Å². The van der Waals surface area contributed by atoms with Crippen molar-refractivity contribution >= 4 is 11.3 Å². The lowest BCUT2D eigenvalue weighted by Gasteiger charge is -2.07. The summed E-state index contributed by atoms with van der Waals surface area (Å²) < 4.78 is 2.08. The molecule has 0 atom stereocenters. The molecule has 68 valence electrons. The van der Waals surface area contributed by atoms with Gasteiger partial charge in [-0.25, -0.2) is 0 Å². The molecule has 0 aliphatic carbocycles. The molecule has 0 amide bonds. The molecule has 4 heteroatoms. The number of thiophene rings is 1. The minimum Gasteiger partial charge on any atom is -0.310 e. The molecule has 0 radical (unpaired) electrons. The molecule has 0 fully saturated rings. The zero-order valence-corrected chi connectivity index (χ0v) is 8.45. The first-order chi connectivity index (χ1) is 6.29. The average Bonchev–Trinajstić information content (AvgIpc) is 2.74. The molecule has 13 heavy (non-hydrogen) atoms. The summed E-state index contributed by atoms with van der Waals surface area (Å²) in [4.78, 5) is 1.17. The number of nitrogens with zero attached hydrogens (tertiary/aromatic N) is 3. The van der Waals surface area contributed by atoms with Crippen LogP contribution in [-0.2, 0) is 0 Å². The number of aromatic nitrogens is 3. The topological polar surface area (TPSA) is 30.7 Å². The molecular formula is C9H11N3S. The fraction of sp³-hybridized carbons (Fsp3) is 0.333. The van der Waals surface area contributed by atoms with Crippen LogP contribution in [0.5, 0.6) is 0 Å². The van der Waals surface area contributed by atoms with Crippen molar-refractivity contribution in [3.63, 3.8) is 0 Å². The van der Waals surface area contributed by atoms with E-state index in [-0.39, 0.29) is 0 Å². The zero-order chi connectivity index (χ0) is 9.26. The van der Waals surface area contributed by atoms with Crippen molar-refractivity contribution in [3.05, 3.63) is 23.8 Å². The highest BCUT2D eigenvalue weighted by atomic mass is 32.1. The van der Waals surface area contributed by atoms with Crippen LogP contribution in [0.25, 0.3) is 10.7 Å². The van der Waals surface area contributed by atoms with Crippen LogP contribution in [0.4, 0.5) is 0 Å². The molecule has 0 aliphatic rings. The van der Waals surface area contributed by atoms with Crippen molar-refractivity contribution in [2.24, 2.45) is 0 Å². The third kappa shape index (κ3) is 1.49. The summed E-state index contributed by atoms with van der Waals surface area (Å²) in [5.41, 5.74) is 0. The summed E-state index contributed by atoms with van der Waals surface area (Å²) in [7, 11) is 0. The second kappa shape index (κ2) is 3.30. The van der Waals surface area contributed by atoms with Gasteiger partial charge in [0, 0.05) is 6.04 Å². The highest BCUT2D eigenvalue weighted by Gasteiger charge is 2.09. The van der Waals surface area contributed by atoms with Crippen LogP contribution in [0, 0.1) is 0 Å². The molecule has 0 N–H and O–H groups in total. The molecule has 0 aromatic carbocycles. The Bertz CT molecular complexity index is 375. The maximum absolute atomic E-state index is 4.10. The second-order valence-corrected chi connectivity index (χ2v) is 4.08. The van der Waals surface area contributed by atoms with E-state index in [1.165, 1.54) is 4.88 Å². The lowest BCUT2D eigenvalue weighted by Crippen LogP contribution is -2.00. The predicted octanol–water partition coefficient (Wildman–Crippen LogP) is 2.59. The van der Waals surface area contributed by atoms with Gasteiger partial charge >= 0.3 is 0 Å². The van der Waals surface area contributed by atoms with Crippen molar-refractivity contribution < 1.29 is 0 Å². The van der Waals surface area contributed by atoms with E-state index in [1.54, 1.807) is 17.7 Å². The monoisotopic (exact) mass is 193 g/mol. The van der Waals surface area contributed by atoms with E-state index in [2.05, 4.69) is 40.1 Å². The van der Waals surface area contributed by atoms with Gasteiger partial charge < -0.3 is 4.57 Å². The largest absolute Gasteiger partial charge is 0.310 e. The molecule has 0 unspecified atom stereocenters. The Kier molecular flexibility index (Phi) is 2.14. The molecular weight excluding hydrogens is 182 g/mol. The number of hydrogen-bond acceptors (Lipinski definition) is 3. The van der Waals surface area contributed by atoms with Gasteiger partial charge in [-0.3, -0.25) is 0 Å². The quantitative estimate of drug-likeness (QED) is 0.734. The third-order valence-electron chi connectivity index (χ3n) is 1.87. The summed E-state index contributed by atoms with van der Waals surface area (Å²) in [6, 6.07) is 4.50. The highest BCUT2D eigenvalue weighted by Crippen LogP contribution is 2.24. The van der Waals surface area contributed by atoms with Gasteiger partial charge in [0.15, 0.2) is 5.82 Å². The first-order valence-corrected chi connectivity index (χ1v) is 5.10. The van der Waals surface area contributed by atoms with Crippen LogP contribution in [0.2, 0.25) is 0 Å². The summed E-state index contributed by atoms with van der Waals surface area (Å²) >= 11 is 1.69. The van der Waals surface area contributed by atoms with Gasteiger partial charge in [-0.1, -0.05) is 6.07 Å². The third-order valence-corrected chi connectivity index (χ3v) is 2.74. The van der Waals surface area contributed by atoms with E-state index < -0.39 is 0 Å². The van der Waals surface area contributed by atoms with Crippen LogP contribution < -0.4 is 0 Å². The van der Waals surface area contributed by atoms with Gasteiger partial charge in [0.1, 0.15) is 6.33 Å². The van der Waals surface area contributed by atoms with Gasteiger partial charge in [0.05, 0.1) is 4.88 Å². The molecule has 0 bridgehead atoms. The Morgan fingerprint density at radius 1 is 1.46 bits per heavy atom. The molecule has 0 saturated carbocycles. The Balaban J connectivity index is 2.46. The van der Waals surface area contributed by atoms with Crippen molar-refractivity contribution in [1.29, 1.82) is 0 Å². The highest BCUT2D eigenvalue weighted by molar-refractivity contribution is 7.13. The summed E-state index contributed by atoms with van der Waals surface area (Å²) in [6.07, 6.45) is 1.78. The molecule has 2 aromatic heterocycles. The van der Waals surface area contributed by atoms with Crippen LogP contribution in [0.3, 0.4) is 0 Å². The molecule has 2 aromatic rings. The second-order valence-electron chi connectivity index (χ2n) is 3.13. The molecule has 2 rings (SSSR count). The molecule has 2 heterocycles. The normalized spacial score (nSPS) is 11.0. The minimum atomic E-state index is 0.409. The van der Waals surface area contributed by atoms with E-state index in [4.69, 9.17) is 0 Å². The summed E-state index contributed by atoms with van der Waals surface area (Å²) in [5, 5.41) is 10.1. The Labute approximate surface area is 81.1 Å². The number of rotatable bonds is 2. The lowest BCUT2D eigenvalue weighted by molar-refractivity contribution is 0.604. The van der Waals surface area contributed by atoms with Crippen molar-refractivity contribution in [1.82, 2.24) is 14.8 Å². The maximum atomic E-state index is 4.10. The fourth-order valence-corrected chi connectivity index (χ4v) is 1.92. The first kappa shape index (κ1) is 8.44. The van der Waals surface area contributed by atoms with E-state index in [1.807, 2.05) is 6.07 Å². The van der Waals surface area contributed by atoms with Crippen LogP contribution >= 0.6 is 11.3 Å². The lowest BCUT2D eigenvalue weighted by atomic mass is 10.3. The van der Waals surface area contributed by atoms with Gasteiger partial charge in [-0.2, -0.15) is 0 Å². The number of hydrogen-bond donors (Lipinski definition) is 0. The van der Waals surface area contributed by atoms with Gasteiger partial charge in [0.2, 0.25) is 0 Å². The smallest absolute Gasteiger partial charge is 0.174 e. The summed E-state index contributed by atoms with van der Waals surface area (Å²) in [6.45, 7) is 4.25. The zero-order valence-electron chi connectivity index (χ0n) is 7.64. The van der Waals surface area contributed by atoms with Crippen LogP contribution in [0.1, 0.15) is 19.9 Å². The van der Waals surface area contributed by atoms with E-state index in [0.29, 0.717) is 6.04 Å². The average molecular weight is 193 g/mol. The first-order valence-electron chi connectivity index (χ1n) is 4.22. The van der Waals surface area contributed by atoms with Gasteiger partial charge in [0.25, 0.3) is 0 Å². The van der Waals surface area contributed by atoms with Gasteiger partial charge in [-0.05, 0) is 25.3 Å². The van der Waals surface area contributed by atoms with E-state index in [0.717, 1.165) is 5.82 Å².